The Morgan fingerprint density at radius 2 is 2.42 bits per heavy atom. The highest BCUT2D eigenvalue weighted by molar-refractivity contribution is 9.10. The third kappa shape index (κ3) is 1.79. The molecule has 2 nitrogen and oxygen atoms in total. The molecule has 1 heterocycles. The average Bonchev–Trinajstić information content (AvgIpc) is 2.03. The lowest BCUT2D eigenvalue weighted by Crippen LogP contribution is -1.95. The molecule has 0 aromatic carbocycles. The fraction of sp³-hybridized carbons (Fsp3) is 0.125. The van der Waals surface area contributed by atoms with Crippen LogP contribution in [0, 0.1) is 0 Å². The number of hydrogen-bond acceptors (Lipinski definition) is 2. The highest BCUT2D eigenvalue weighted by Gasteiger charge is 2.05. The maximum absolute atomic E-state index is 5.74. The Morgan fingerprint density at radius 3 is 2.92 bits per heavy atom. The number of pyridine rings is 1. The van der Waals surface area contributed by atoms with Crippen molar-refractivity contribution in [1.29, 1.82) is 0 Å². The molecule has 1 rings (SSSR count). The molecule has 0 aliphatic carbocycles. The monoisotopic (exact) mass is 246 g/mol. The zero-order valence-electron chi connectivity index (χ0n) is 6.56. The molecule has 12 heavy (non-hydrogen) atoms. The summed E-state index contributed by atoms with van der Waals surface area (Å²) in [5.41, 5.74) is 1.83. The molecule has 0 fully saturated rings. The Hall–Kier alpha value is -0.540. The van der Waals surface area contributed by atoms with Gasteiger partial charge in [-0.05, 0) is 22.0 Å². The molecule has 0 radical (unpaired) electrons. The maximum Gasteiger partial charge on any atom is 0.131 e. The summed E-state index contributed by atoms with van der Waals surface area (Å²) >= 11 is 9.03. The summed E-state index contributed by atoms with van der Waals surface area (Å²) in [6, 6.07) is 1.76. The molecule has 0 bridgehead atoms. The third-order valence-corrected chi connectivity index (χ3v) is 2.21. The summed E-state index contributed by atoms with van der Waals surface area (Å²) in [5.74, 6) is 0. The molecular weight excluding hydrogens is 239 g/mol. The highest BCUT2D eigenvalue weighted by Crippen LogP contribution is 2.27. The molecule has 0 saturated heterocycles. The van der Waals surface area contributed by atoms with Crippen LogP contribution in [-0.2, 0) is 0 Å². The van der Waals surface area contributed by atoms with E-state index in [0.717, 1.165) is 11.3 Å². The molecule has 0 aliphatic heterocycles. The van der Waals surface area contributed by atoms with E-state index in [0.29, 0.717) is 9.76 Å². The van der Waals surface area contributed by atoms with E-state index in [9.17, 15) is 0 Å². The van der Waals surface area contributed by atoms with Gasteiger partial charge in [-0.25, -0.2) is 4.98 Å². The summed E-state index contributed by atoms with van der Waals surface area (Å²) in [7, 11) is 1.82. The Balaban J connectivity index is 3.33. The molecule has 1 N–H and O–H groups in total. The van der Waals surface area contributed by atoms with Gasteiger partial charge in [0.15, 0.2) is 0 Å². The first-order valence-electron chi connectivity index (χ1n) is 3.35. The molecule has 4 heteroatoms. The van der Waals surface area contributed by atoms with Crippen LogP contribution in [0.2, 0.25) is 5.15 Å². The first-order chi connectivity index (χ1) is 5.69. The van der Waals surface area contributed by atoms with Gasteiger partial charge in [0.1, 0.15) is 9.76 Å². The van der Waals surface area contributed by atoms with Crippen molar-refractivity contribution in [2.75, 3.05) is 12.4 Å². The minimum absolute atomic E-state index is 0.454. The van der Waals surface area contributed by atoms with Crippen LogP contribution in [0.15, 0.2) is 17.2 Å². The second-order valence-electron chi connectivity index (χ2n) is 2.15. The minimum Gasteiger partial charge on any atom is -0.385 e. The number of rotatable bonds is 2. The largest absolute Gasteiger partial charge is 0.385 e. The van der Waals surface area contributed by atoms with E-state index < -0.39 is 0 Å². The van der Waals surface area contributed by atoms with Crippen LogP contribution in [0.1, 0.15) is 5.56 Å². The van der Waals surface area contributed by atoms with Crippen molar-refractivity contribution in [3.8, 4) is 0 Å². The molecule has 64 valence electrons. The number of halogens is 2. The lowest BCUT2D eigenvalue weighted by molar-refractivity contribution is 1.25. The first kappa shape index (κ1) is 9.55. The van der Waals surface area contributed by atoms with Crippen LogP contribution in [0.25, 0.3) is 6.08 Å². The second kappa shape index (κ2) is 3.92. The van der Waals surface area contributed by atoms with Gasteiger partial charge < -0.3 is 5.32 Å². The lowest BCUT2D eigenvalue weighted by atomic mass is 10.2. The fourth-order valence-corrected chi connectivity index (χ4v) is 1.83. The maximum atomic E-state index is 5.74. The van der Waals surface area contributed by atoms with Gasteiger partial charge >= 0.3 is 0 Å². The quantitative estimate of drug-likeness (QED) is 0.812. The number of anilines is 1. The molecule has 1 aromatic heterocycles. The molecular formula is C8H8BrClN2. The van der Waals surface area contributed by atoms with Gasteiger partial charge in [0, 0.05) is 12.6 Å². The first-order valence-corrected chi connectivity index (χ1v) is 4.52. The Morgan fingerprint density at radius 1 is 1.75 bits per heavy atom. The van der Waals surface area contributed by atoms with E-state index in [1.54, 1.807) is 12.1 Å². The van der Waals surface area contributed by atoms with Gasteiger partial charge in [0.25, 0.3) is 0 Å². The molecule has 0 unspecified atom stereocenters. The van der Waals surface area contributed by atoms with Gasteiger partial charge in [0.2, 0.25) is 0 Å². The van der Waals surface area contributed by atoms with Crippen molar-refractivity contribution < 1.29 is 0 Å². The van der Waals surface area contributed by atoms with Crippen LogP contribution < -0.4 is 5.32 Å². The van der Waals surface area contributed by atoms with Crippen molar-refractivity contribution in [2.45, 2.75) is 0 Å². The van der Waals surface area contributed by atoms with Gasteiger partial charge in [-0.3, -0.25) is 0 Å². The molecule has 0 amide bonds. The van der Waals surface area contributed by atoms with E-state index in [4.69, 9.17) is 11.6 Å². The summed E-state index contributed by atoms with van der Waals surface area (Å²) in [5, 5.41) is 3.46. The Kier molecular flexibility index (Phi) is 3.12. The van der Waals surface area contributed by atoms with E-state index in [-0.39, 0.29) is 0 Å². The van der Waals surface area contributed by atoms with Crippen LogP contribution in [0.3, 0.4) is 0 Å². The van der Waals surface area contributed by atoms with Crippen molar-refractivity contribution in [3.05, 3.63) is 28.0 Å². The second-order valence-corrected chi connectivity index (χ2v) is 3.29. The van der Waals surface area contributed by atoms with Crippen LogP contribution in [-0.4, -0.2) is 12.0 Å². The van der Waals surface area contributed by atoms with Gasteiger partial charge in [0.05, 0.1) is 5.69 Å². The molecule has 0 saturated carbocycles. The van der Waals surface area contributed by atoms with Crippen molar-refractivity contribution in [2.24, 2.45) is 0 Å². The summed E-state index contributed by atoms with van der Waals surface area (Å²) in [6.45, 7) is 3.67. The van der Waals surface area contributed by atoms with Crippen molar-refractivity contribution >= 4 is 39.3 Å². The zero-order valence-corrected chi connectivity index (χ0v) is 8.91. The molecule has 0 atom stereocenters. The fourth-order valence-electron chi connectivity index (χ4n) is 0.910. The normalized spacial score (nSPS) is 9.58. The average molecular weight is 248 g/mol. The van der Waals surface area contributed by atoms with E-state index in [1.165, 1.54) is 0 Å². The summed E-state index contributed by atoms with van der Waals surface area (Å²) < 4.78 is 0.701. The van der Waals surface area contributed by atoms with Crippen molar-refractivity contribution in [3.63, 3.8) is 0 Å². The Labute approximate surface area is 84.8 Å². The molecule has 0 aliphatic rings. The Bertz CT molecular complexity index is 312. The molecule has 0 spiro atoms. The van der Waals surface area contributed by atoms with E-state index >= 15 is 0 Å². The molecule has 1 aromatic rings. The van der Waals surface area contributed by atoms with Crippen LogP contribution >= 0.6 is 27.5 Å². The predicted octanol–water partition coefficient (Wildman–Crippen LogP) is 3.18. The van der Waals surface area contributed by atoms with Gasteiger partial charge in [-0.15, -0.1) is 0 Å². The number of hydrogen-bond donors (Lipinski definition) is 1. The number of nitrogens with one attached hydrogen (secondary N) is 1. The summed E-state index contributed by atoms with van der Waals surface area (Å²) in [4.78, 5) is 4.02. The van der Waals surface area contributed by atoms with Gasteiger partial charge in [-0.2, -0.15) is 0 Å². The van der Waals surface area contributed by atoms with E-state index in [2.05, 4.69) is 32.8 Å². The van der Waals surface area contributed by atoms with Crippen LogP contribution in [0.4, 0.5) is 5.69 Å². The van der Waals surface area contributed by atoms with Gasteiger partial charge in [-0.1, -0.05) is 24.3 Å². The standard InChI is InChI=1S/C8H8BrClN2/c1-3-5-4-6(10)12-8(9)7(5)11-2/h3-4,11H,1H2,2H3. The number of aromatic nitrogens is 1. The number of nitrogens with zero attached hydrogens (tertiary/aromatic N) is 1. The lowest BCUT2D eigenvalue weighted by Gasteiger charge is -2.06. The highest BCUT2D eigenvalue weighted by atomic mass is 79.9. The smallest absolute Gasteiger partial charge is 0.131 e. The predicted molar refractivity (Wildman–Crippen MR) is 56.6 cm³/mol. The van der Waals surface area contributed by atoms with E-state index in [1.807, 2.05) is 7.05 Å². The van der Waals surface area contributed by atoms with Crippen LogP contribution in [0.5, 0.6) is 0 Å². The summed E-state index contributed by atoms with van der Waals surface area (Å²) in [6.07, 6.45) is 1.73. The van der Waals surface area contributed by atoms with Crippen molar-refractivity contribution in [1.82, 2.24) is 4.98 Å². The topological polar surface area (TPSA) is 24.9 Å². The third-order valence-electron chi connectivity index (χ3n) is 1.44. The minimum atomic E-state index is 0.454. The zero-order chi connectivity index (χ0) is 9.14. The SMILES string of the molecule is C=Cc1cc(Cl)nc(Br)c1NC.